The zero-order chi connectivity index (χ0) is 39.8. The Labute approximate surface area is 356 Å². The van der Waals surface area contributed by atoms with Crippen molar-refractivity contribution in [1.82, 2.24) is 0 Å². The fourth-order valence-electron chi connectivity index (χ4n) is 12.2. The highest BCUT2D eigenvalue weighted by molar-refractivity contribution is 6.95. The van der Waals surface area contributed by atoms with Gasteiger partial charge in [0.15, 0.2) is 0 Å². The van der Waals surface area contributed by atoms with Crippen LogP contribution in [0.4, 0.5) is 22.7 Å². The molecule has 3 heterocycles. The first-order chi connectivity index (χ1) is 30.3. The number of hydrogen-bond acceptors (Lipinski definition) is 2. The SMILES string of the molecule is C1=CC2=C(CC1)N(c1ccccc1)c1cccc3c1B2c1cc(-c2c4ccccc4cc4ccccc24)cc2c1N3C1CC=C(c3c4c(cc5ccccc35)C=CCC4)C=C21. The van der Waals surface area contributed by atoms with Crippen LogP contribution in [0.25, 0.3) is 60.7 Å². The lowest BCUT2D eigenvalue weighted by Gasteiger charge is -2.45. The molecule has 0 saturated carbocycles. The summed E-state index contributed by atoms with van der Waals surface area (Å²) in [4.78, 5) is 5.35. The topological polar surface area (TPSA) is 6.48 Å². The Morgan fingerprint density at radius 3 is 2.08 bits per heavy atom. The Hall–Kier alpha value is -7.10. The van der Waals surface area contributed by atoms with E-state index >= 15 is 0 Å². The molecule has 8 aromatic carbocycles. The van der Waals surface area contributed by atoms with E-state index in [1.807, 2.05) is 0 Å². The summed E-state index contributed by atoms with van der Waals surface area (Å²) in [5.74, 6) is 0. The second-order valence-corrected chi connectivity index (χ2v) is 17.7. The van der Waals surface area contributed by atoms with E-state index < -0.39 is 0 Å². The predicted octanol–water partition coefficient (Wildman–Crippen LogP) is 13.4. The molecule has 0 saturated heterocycles. The summed E-state index contributed by atoms with van der Waals surface area (Å²) in [7, 11) is 0. The maximum atomic E-state index is 2.76. The van der Waals surface area contributed by atoms with Crippen LogP contribution in [-0.2, 0) is 6.42 Å². The molecule has 0 N–H and O–H groups in total. The van der Waals surface area contributed by atoms with Crippen LogP contribution >= 0.6 is 0 Å². The average molecular weight is 777 g/mol. The molecule has 3 heteroatoms. The molecule has 0 amide bonds. The van der Waals surface area contributed by atoms with Gasteiger partial charge in [-0.25, -0.2) is 0 Å². The van der Waals surface area contributed by atoms with Crippen LogP contribution in [-0.4, -0.2) is 12.8 Å². The molecule has 6 aliphatic rings. The van der Waals surface area contributed by atoms with Gasteiger partial charge in [0.25, 0.3) is 6.71 Å². The standard InChI is InChI=1S/C58H41BN2/c1-2-19-42(20-3-1)60-52-26-13-12-25-49(52)59-50-35-41(56-45-23-10-6-17-38(45)32-39-18-7-11-24-46(39)56)34-48-47-33-40(29-30-51(47)61(58(48)50)54-28-14-27-53(60)57(54)59)55-43-21-8-4-15-36(43)31-37-16-5-9-22-44(37)55/h1-8,10-12,14-21,23-25,27-29,31-35,51H,9,13,22,26,30H2. The zero-order valence-electron chi connectivity index (χ0n) is 33.9. The minimum atomic E-state index is 0.119. The molecule has 3 aliphatic heterocycles. The van der Waals surface area contributed by atoms with Crippen LogP contribution in [0.3, 0.4) is 0 Å². The Kier molecular flexibility index (Phi) is 7.02. The van der Waals surface area contributed by atoms with Crippen molar-refractivity contribution in [3.05, 3.63) is 209 Å². The highest BCUT2D eigenvalue weighted by Gasteiger charge is 2.49. The summed E-state index contributed by atoms with van der Waals surface area (Å²) in [6.45, 7) is 0.119. The molecule has 286 valence electrons. The normalized spacial score (nSPS) is 17.9. The van der Waals surface area contributed by atoms with Crippen molar-refractivity contribution in [2.24, 2.45) is 0 Å². The van der Waals surface area contributed by atoms with Crippen molar-refractivity contribution in [3.8, 4) is 11.1 Å². The largest absolute Gasteiger partial charge is 0.334 e. The number of rotatable bonds is 3. The van der Waals surface area contributed by atoms with Gasteiger partial charge in [-0.15, -0.1) is 0 Å². The number of anilines is 4. The van der Waals surface area contributed by atoms with Crippen LogP contribution in [0.5, 0.6) is 0 Å². The summed E-state index contributed by atoms with van der Waals surface area (Å²) < 4.78 is 0. The molecule has 0 fully saturated rings. The van der Waals surface area contributed by atoms with Gasteiger partial charge in [-0.1, -0.05) is 134 Å². The molecular formula is C58H41BN2. The van der Waals surface area contributed by atoms with Gasteiger partial charge in [0.05, 0.1) is 6.04 Å². The van der Waals surface area contributed by atoms with Crippen LogP contribution < -0.4 is 20.7 Å². The first-order valence-corrected chi connectivity index (χ1v) is 22.2. The maximum Gasteiger partial charge on any atom is 0.251 e. The van der Waals surface area contributed by atoms with Gasteiger partial charge in [0, 0.05) is 34.0 Å². The van der Waals surface area contributed by atoms with Gasteiger partial charge in [-0.2, -0.15) is 0 Å². The highest BCUT2D eigenvalue weighted by atomic mass is 15.2. The van der Waals surface area contributed by atoms with Crippen LogP contribution in [0, 0.1) is 0 Å². The molecule has 1 unspecified atom stereocenters. The first kappa shape index (κ1) is 33.7. The van der Waals surface area contributed by atoms with Gasteiger partial charge in [-0.3, -0.25) is 0 Å². The molecule has 61 heavy (non-hydrogen) atoms. The molecule has 0 spiro atoms. The Morgan fingerprint density at radius 2 is 1.28 bits per heavy atom. The van der Waals surface area contributed by atoms with E-state index in [2.05, 4.69) is 192 Å². The second kappa shape index (κ2) is 12.7. The molecule has 0 radical (unpaired) electrons. The van der Waals surface area contributed by atoms with Crippen LogP contribution in [0.15, 0.2) is 187 Å². The molecular weight excluding hydrogens is 735 g/mol. The van der Waals surface area contributed by atoms with Gasteiger partial charge < -0.3 is 9.80 Å². The second-order valence-electron chi connectivity index (χ2n) is 17.7. The maximum absolute atomic E-state index is 2.76. The molecule has 0 aromatic heterocycles. The molecule has 2 nitrogen and oxygen atoms in total. The van der Waals surface area contributed by atoms with Crippen molar-refractivity contribution in [2.45, 2.75) is 38.1 Å². The van der Waals surface area contributed by atoms with Gasteiger partial charge in [0.2, 0.25) is 0 Å². The van der Waals surface area contributed by atoms with Crippen LogP contribution in [0.2, 0.25) is 0 Å². The lowest BCUT2D eigenvalue weighted by atomic mass is 9.32. The molecule has 14 rings (SSSR count). The highest BCUT2D eigenvalue weighted by Crippen LogP contribution is 2.54. The third kappa shape index (κ3) is 4.69. The van der Waals surface area contributed by atoms with Crippen molar-refractivity contribution in [2.75, 3.05) is 9.80 Å². The zero-order valence-corrected chi connectivity index (χ0v) is 33.9. The molecule has 8 aromatic rings. The monoisotopic (exact) mass is 776 g/mol. The fraction of sp³-hybridized carbons (Fsp3) is 0.103. The smallest absolute Gasteiger partial charge is 0.251 e. The Balaban J connectivity index is 1.08. The first-order valence-electron chi connectivity index (χ1n) is 22.2. The predicted molar refractivity (Wildman–Crippen MR) is 260 cm³/mol. The number of nitrogens with zero attached hydrogens (tertiary/aromatic N) is 2. The summed E-state index contributed by atoms with van der Waals surface area (Å²) >= 11 is 0. The number of allylic oxidation sites excluding steroid dienone is 7. The van der Waals surface area contributed by atoms with Crippen molar-refractivity contribution < 1.29 is 0 Å². The summed E-state index contributed by atoms with van der Waals surface area (Å²) in [5.41, 5.74) is 22.2. The van der Waals surface area contributed by atoms with E-state index in [1.165, 1.54) is 122 Å². The lowest BCUT2D eigenvalue weighted by molar-refractivity contribution is 0.831. The fourth-order valence-corrected chi connectivity index (χ4v) is 12.2. The van der Waals surface area contributed by atoms with Gasteiger partial charge in [-0.05, 0) is 168 Å². The van der Waals surface area contributed by atoms with E-state index in [9.17, 15) is 0 Å². The van der Waals surface area contributed by atoms with Gasteiger partial charge in [0.1, 0.15) is 0 Å². The lowest BCUT2D eigenvalue weighted by Crippen LogP contribution is -2.57. The Morgan fingerprint density at radius 1 is 0.590 bits per heavy atom. The van der Waals surface area contributed by atoms with E-state index in [0.717, 1.165) is 32.1 Å². The number of hydrogen-bond donors (Lipinski definition) is 0. The quantitative estimate of drug-likeness (QED) is 0.130. The third-order valence-electron chi connectivity index (χ3n) is 14.6. The summed E-state index contributed by atoms with van der Waals surface area (Å²) in [6.07, 6.45) is 19.9. The van der Waals surface area contributed by atoms with E-state index in [-0.39, 0.29) is 12.8 Å². The molecule has 0 bridgehead atoms. The summed E-state index contributed by atoms with van der Waals surface area (Å²) in [5, 5.41) is 7.86. The van der Waals surface area contributed by atoms with E-state index in [0.29, 0.717) is 0 Å². The average Bonchev–Trinajstić information content (AvgIpc) is 3.65. The van der Waals surface area contributed by atoms with Crippen molar-refractivity contribution in [1.29, 1.82) is 0 Å². The molecule has 1 atom stereocenters. The van der Waals surface area contributed by atoms with Crippen molar-refractivity contribution in [3.63, 3.8) is 0 Å². The summed E-state index contributed by atoms with van der Waals surface area (Å²) in [6, 6.07) is 55.4. The van der Waals surface area contributed by atoms with Gasteiger partial charge >= 0.3 is 0 Å². The third-order valence-corrected chi connectivity index (χ3v) is 14.6. The van der Waals surface area contributed by atoms with Crippen LogP contribution in [0.1, 0.15) is 47.9 Å². The molecule has 3 aliphatic carbocycles. The number of para-hydroxylation sites is 1. The number of fused-ring (bicyclic) bond motifs is 10. The Bertz CT molecular complexity index is 3360. The van der Waals surface area contributed by atoms with E-state index in [4.69, 9.17) is 0 Å². The minimum Gasteiger partial charge on any atom is -0.334 e. The van der Waals surface area contributed by atoms with E-state index in [1.54, 1.807) is 0 Å². The number of benzene rings is 8. The van der Waals surface area contributed by atoms with Crippen molar-refractivity contribution >= 4 is 89.9 Å². The minimum absolute atomic E-state index is 0.119.